The highest BCUT2D eigenvalue weighted by Crippen LogP contribution is 2.33. The fraction of sp³-hybridized carbons (Fsp3) is 0.650. The molecule has 2 aliphatic rings. The summed E-state index contributed by atoms with van der Waals surface area (Å²) in [5.74, 6) is 1.30. The molecule has 29 heavy (non-hydrogen) atoms. The van der Waals surface area contributed by atoms with Crippen LogP contribution < -0.4 is 5.32 Å². The Hall–Kier alpha value is -0.280. The van der Waals surface area contributed by atoms with Crippen molar-refractivity contribution < 1.29 is 5.11 Å². The maximum Gasteiger partial charge on any atom is 0.136 e. The second-order valence-corrected chi connectivity index (χ2v) is 9.27. The summed E-state index contributed by atoms with van der Waals surface area (Å²) in [4.78, 5) is 7.10. The summed E-state index contributed by atoms with van der Waals surface area (Å²) in [6, 6.07) is 4.50. The van der Waals surface area contributed by atoms with Gasteiger partial charge in [0.25, 0.3) is 0 Å². The molecule has 3 rings (SSSR count). The number of nitrogens with one attached hydrogen (secondary N) is 1. The number of rotatable bonds is 4. The molecule has 1 aromatic rings. The normalized spacial score (nSPS) is 19.2. The number of thioether (sulfide) groups is 1. The molecular formula is C20H34Cl2N4OS2. The highest BCUT2D eigenvalue weighted by atomic mass is 35.5. The van der Waals surface area contributed by atoms with Gasteiger partial charge in [0.2, 0.25) is 0 Å². The van der Waals surface area contributed by atoms with Crippen LogP contribution in [0.1, 0.15) is 29.7 Å². The van der Waals surface area contributed by atoms with Gasteiger partial charge in [-0.25, -0.2) is 0 Å². The van der Waals surface area contributed by atoms with E-state index < -0.39 is 0 Å². The van der Waals surface area contributed by atoms with E-state index in [9.17, 15) is 5.11 Å². The van der Waals surface area contributed by atoms with Gasteiger partial charge in [0.1, 0.15) is 10.1 Å². The lowest BCUT2D eigenvalue weighted by atomic mass is 9.99. The number of phenolic OH excluding ortho intramolecular Hbond substituents is 1. The minimum absolute atomic E-state index is 0. The highest BCUT2D eigenvalue weighted by molar-refractivity contribution is 8.22. The van der Waals surface area contributed by atoms with E-state index >= 15 is 0 Å². The Morgan fingerprint density at radius 3 is 2.38 bits per heavy atom. The van der Waals surface area contributed by atoms with Crippen molar-refractivity contribution in [3.05, 3.63) is 28.8 Å². The summed E-state index contributed by atoms with van der Waals surface area (Å²) >= 11 is 7.40. The largest absolute Gasteiger partial charge is 0.507 e. The molecule has 9 heteroatoms. The number of piperazine rings is 2. The number of aromatic hydroxyl groups is 1. The Morgan fingerprint density at radius 1 is 1.14 bits per heavy atom. The number of thiocarbonyl (C=S) groups is 1. The first-order chi connectivity index (χ1) is 13.0. The Labute approximate surface area is 197 Å². The van der Waals surface area contributed by atoms with Gasteiger partial charge in [0.05, 0.1) is 0 Å². The first-order valence-electron chi connectivity index (χ1n) is 9.83. The van der Waals surface area contributed by atoms with Crippen LogP contribution in [0.25, 0.3) is 0 Å². The van der Waals surface area contributed by atoms with Gasteiger partial charge >= 0.3 is 0 Å². The summed E-state index contributed by atoms with van der Waals surface area (Å²) < 4.78 is 0.991. The van der Waals surface area contributed by atoms with Crippen LogP contribution >= 0.6 is 48.8 Å². The van der Waals surface area contributed by atoms with Gasteiger partial charge < -0.3 is 20.2 Å². The second kappa shape index (κ2) is 12.5. The Morgan fingerprint density at radius 2 is 1.76 bits per heavy atom. The predicted molar refractivity (Wildman–Crippen MR) is 133 cm³/mol. The highest BCUT2D eigenvalue weighted by Gasteiger charge is 2.22. The molecule has 0 amide bonds. The van der Waals surface area contributed by atoms with E-state index in [4.69, 9.17) is 12.2 Å². The third-order valence-electron chi connectivity index (χ3n) is 5.66. The first-order valence-corrected chi connectivity index (χ1v) is 11.2. The third kappa shape index (κ3) is 7.13. The molecule has 0 aliphatic carbocycles. The fourth-order valence-corrected chi connectivity index (χ4v) is 4.96. The van der Waals surface area contributed by atoms with Crippen LogP contribution in [0.2, 0.25) is 0 Å². The van der Waals surface area contributed by atoms with Crippen LogP contribution in [0.3, 0.4) is 0 Å². The lowest BCUT2D eigenvalue weighted by molar-refractivity contribution is 0.183. The molecule has 5 nitrogen and oxygen atoms in total. The standard InChI is InChI=1S/C20H32N4OS2.2ClH/c1-15-12-17(14-27-20(26)24-10-8-22(3)9-11-24)13-18(19(15)25)16(2)23-6-4-21-5-7-23;;/h12-13,16,21,25H,4-11,14H2,1-3H3;2*1H. The number of benzene rings is 1. The van der Waals surface area contributed by atoms with E-state index in [1.165, 1.54) is 5.56 Å². The van der Waals surface area contributed by atoms with Crippen molar-refractivity contribution in [1.82, 2.24) is 20.0 Å². The molecule has 0 aromatic heterocycles. The second-order valence-electron chi connectivity index (χ2n) is 7.66. The maximum atomic E-state index is 10.6. The molecule has 1 atom stereocenters. The van der Waals surface area contributed by atoms with Gasteiger partial charge in [-0.3, -0.25) is 4.90 Å². The first kappa shape index (κ1) is 26.8. The zero-order valence-electron chi connectivity index (χ0n) is 17.5. The van der Waals surface area contributed by atoms with Crippen molar-refractivity contribution in [2.24, 2.45) is 0 Å². The van der Waals surface area contributed by atoms with Crippen LogP contribution in [0.15, 0.2) is 12.1 Å². The Balaban J connectivity index is 0.00000210. The summed E-state index contributed by atoms with van der Waals surface area (Å²) in [5.41, 5.74) is 3.23. The number of phenols is 1. The van der Waals surface area contributed by atoms with E-state index in [0.717, 1.165) is 73.6 Å². The van der Waals surface area contributed by atoms with Crippen molar-refractivity contribution in [1.29, 1.82) is 0 Å². The van der Waals surface area contributed by atoms with Crippen LogP contribution in [0, 0.1) is 6.92 Å². The number of nitrogens with zero attached hydrogens (tertiary/aromatic N) is 3. The SMILES string of the molecule is Cc1cc(CSC(=S)N2CCN(C)CC2)cc(C(C)N2CCNCC2)c1O.Cl.Cl. The summed E-state index contributed by atoms with van der Waals surface area (Å²) in [6.45, 7) is 12.4. The van der Waals surface area contributed by atoms with Crippen LogP contribution in [0.5, 0.6) is 5.75 Å². The lowest BCUT2D eigenvalue weighted by Gasteiger charge is -2.34. The summed E-state index contributed by atoms with van der Waals surface area (Å²) in [5, 5.41) is 14.0. The molecule has 0 radical (unpaired) electrons. The minimum atomic E-state index is 0. The molecule has 0 saturated carbocycles. The number of hydrogen-bond acceptors (Lipinski definition) is 6. The van der Waals surface area contributed by atoms with E-state index in [1.54, 1.807) is 11.8 Å². The molecule has 1 aromatic carbocycles. The van der Waals surface area contributed by atoms with Crippen LogP contribution in [-0.2, 0) is 5.75 Å². The van der Waals surface area contributed by atoms with Crippen molar-refractivity contribution in [2.45, 2.75) is 25.6 Å². The van der Waals surface area contributed by atoms with Gasteiger partial charge in [-0.1, -0.05) is 30.0 Å². The Kier molecular flexibility index (Phi) is 11.6. The number of aryl methyl sites for hydroxylation is 1. The van der Waals surface area contributed by atoms with E-state index in [0.29, 0.717) is 5.75 Å². The molecule has 2 heterocycles. The minimum Gasteiger partial charge on any atom is -0.507 e. The number of halogens is 2. The Bertz CT molecular complexity index is 666. The molecule has 2 aliphatic heterocycles. The molecule has 1 unspecified atom stereocenters. The molecule has 0 spiro atoms. The number of likely N-dealkylation sites (N-methyl/N-ethyl adjacent to an activating group) is 1. The van der Waals surface area contributed by atoms with Gasteiger partial charge in [-0.05, 0) is 38.1 Å². The van der Waals surface area contributed by atoms with Crippen LogP contribution in [-0.4, -0.2) is 83.5 Å². The maximum absolute atomic E-state index is 10.6. The monoisotopic (exact) mass is 480 g/mol. The molecule has 2 saturated heterocycles. The summed E-state index contributed by atoms with van der Waals surface area (Å²) in [6.07, 6.45) is 0. The van der Waals surface area contributed by atoms with Gasteiger partial charge in [-0.15, -0.1) is 24.8 Å². The zero-order chi connectivity index (χ0) is 19.4. The summed E-state index contributed by atoms with van der Waals surface area (Å²) in [7, 11) is 2.16. The van der Waals surface area contributed by atoms with Gasteiger partial charge in [-0.2, -0.15) is 0 Å². The van der Waals surface area contributed by atoms with Crippen molar-refractivity contribution in [2.75, 3.05) is 59.4 Å². The van der Waals surface area contributed by atoms with E-state index in [2.05, 4.69) is 46.1 Å². The molecule has 0 bridgehead atoms. The molecule has 2 fully saturated rings. The molecule has 166 valence electrons. The average Bonchev–Trinajstić information content (AvgIpc) is 2.69. The topological polar surface area (TPSA) is 42.0 Å². The molecular weight excluding hydrogens is 447 g/mol. The smallest absolute Gasteiger partial charge is 0.136 e. The van der Waals surface area contributed by atoms with Crippen molar-refractivity contribution in [3.63, 3.8) is 0 Å². The van der Waals surface area contributed by atoms with Gasteiger partial charge in [0, 0.05) is 69.7 Å². The van der Waals surface area contributed by atoms with Gasteiger partial charge in [0.15, 0.2) is 0 Å². The predicted octanol–water partition coefficient (Wildman–Crippen LogP) is 3.28. The zero-order valence-corrected chi connectivity index (χ0v) is 20.8. The van der Waals surface area contributed by atoms with E-state index in [-0.39, 0.29) is 30.9 Å². The average molecular weight is 482 g/mol. The van der Waals surface area contributed by atoms with E-state index in [1.807, 2.05) is 6.92 Å². The lowest BCUT2D eigenvalue weighted by Crippen LogP contribution is -2.45. The van der Waals surface area contributed by atoms with Crippen LogP contribution in [0.4, 0.5) is 0 Å². The fourth-order valence-electron chi connectivity index (χ4n) is 3.78. The quantitative estimate of drug-likeness (QED) is 0.640. The van der Waals surface area contributed by atoms with Crippen molar-refractivity contribution >= 4 is 53.1 Å². The third-order valence-corrected chi connectivity index (χ3v) is 7.26. The number of hydrogen-bond donors (Lipinski definition) is 2. The molecule has 2 N–H and O–H groups in total. The van der Waals surface area contributed by atoms with Crippen molar-refractivity contribution in [3.8, 4) is 5.75 Å².